The molecule has 1 unspecified atom stereocenters. The molecule has 1 aliphatic heterocycles. The first kappa shape index (κ1) is 21.4. The number of urea groups is 1. The minimum Gasteiger partial charge on any atom is -0.748 e. The lowest BCUT2D eigenvalue weighted by Crippen LogP contribution is -2.46. The van der Waals surface area contributed by atoms with Gasteiger partial charge in [-0.05, 0) is 50.7 Å². The molecular weight excluding hydrogens is 340 g/mol. The Morgan fingerprint density at radius 1 is 1.28 bits per heavy atom. The van der Waals surface area contributed by atoms with Crippen LogP contribution in [0.15, 0.2) is 18.2 Å². The van der Waals surface area contributed by atoms with Crippen molar-refractivity contribution in [3.63, 3.8) is 0 Å². The van der Waals surface area contributed by atoms with E-state index in [0.717, 1.165) is 49.0 Å². The molecule has 0 saturated carbocycles. The summed E-state index contributed by atoms with van der Waals surface area (Å²) in [4.78, 5) is 14.6. The minimum absolute atomic E-state index is 0.0700. The Hall–Kier alpha value is -1.60. The van der Waals surface area contributed by atoms with E-state index in [1.54, 1.807) is 0 Å². The molecule has 1 heterocycles. The van der Waals surface area contributed by atoms with Crippen LogP contribution in [0.1, 0.15) is 50.2 Å². The van der Waals surface area contributed by atoms with Gasteiger partial charge in [0.15, 0.2) is 0 Å². The average molecular weight is 370 g/mol. The lowest BCUT2D eigenvalue weighted by molar-refractivity contribution is 0.157. The zero-order valence-corrected chi connectivity index (χ0v) is 16.4. The summed E-state index contributed by atoms with van der Waals surface area (Å²) in [5, 5.41) is 3.12. The zero-order chi connectivity index (χ0) is 19.0. The number of rotatable bonds is 3. The fraction of sp³-hybridized carbons (Fsp3) is 0.611. The van der Waals surface area contributed by atoms with Crippen LogP contribution in [0.25, 0.3) is 0 Å². The lowest BCUT2D eigenvalue weighted by Gasteiger charge is -2.36. The molecule has 0 radical (unpaired) electrons. The molecule has 1 N–H and O–H groups in total. The van der Waals surface area contributed by atoms with E-state index < -0.39 is 10.1 Å². The van der Waals surface area contributed by atoms with E-state index in [1.165, 1.54) is 6.42 Å². The average Bonchev–Trinajstić information content (AvgIpc) is 2.50. The van der Waals surface area contributed by atoms with Gasteiger partial charge < -0.3 is 14.8 Å². The van der Waals surface area contributed by atoms with Gasteiger partial charge in [0.1, 0.15) is 0 Å². The van der Waals surface area contributed by atoms with Crippen molar-refractivity contribution in [1.29, 1.82) is 0 Å². The van der Waals surface area contributed by atoms with Crippen molar-refractivity contribution in [3.05, 3.63) is 29.3 Å². The Bertz CT molecular complexity index is 643. The molecule has 1 atom stereocenters. The second kappa shape index (κ2) is 9.77. The van der Waals surface area contributed by atoms with E-state index in [-0.39, 0.29) is 6.03 Å². The van der Waals surface area contributed by atoms with Crippen LogP contribution in [-0.2, 0) is 10.1 Å². The first-order chi connectivity index (χ1) is 11.6. The molecule has 1 aromatic rings. The standard InChI is InChI=1S/C17H26N2O.CH4O3S/c1-4-8-15-11-5-6-12-19(15)17(20)18-16-13(2)9-7-10-14(16)3;1-5(2,3)4/h7,9-10,15H,4-6,8,11-12H2,1-3H3,(H,18,20);1H3,(H,2,3,4)/p-1. The molecular formula is C18H29N2O4S-. The Kier molecular flexibility index (Phi) is 8.38. The molecule has 142 valence electrons. The minimum atomic E-state index is -3.92. The molecule has 25 heavy (non-hydrogen) atoms. The molecule has 0 bridgehead atoms. The normalized spacial score (nSPS) is 17.5. The zero-order valence-electron chi connectivity index (χ0n) is 15.5. The van der Waals surface area contributed by atoms with Crippen LogP contribution in [0.2, 0.25) is 0 Å². The maximum atomic E-state index is 12.6. The van der Waals surface area contributed by atoms with Gasteiger partial charge in [-0.15, -0.1) is 0 Å². The van der Waals surface area contributed by atoms with Crippen LogP contribution in [0, 0.1) is 13.8 Å². The highest BCUT2D eigenvalue weighted by Crippen LogP contribution is 2.24. The molecule has 1 aliphatic rings. The second-order valence-corrected chi connectivity index (χ2v) is 7.94. The van der Waals surface area contributed by atoms with Gasteiger partial charge in [-0.2, -0.15) is 0 Å². The van der Waals surface area contributed by atoms with E-state index in [4.69, 9.17) is 13.0 Å². The summed E-state index contributed by atoms with van der Waals surface area (Å²) in [7, 11) is -3.92. The Morgan fingerprint density at radius 3 is 2.36 bits per heavy atom. The molecule has 1 aromatic carbocycles. The van der Waals surface area contributed by atoms with Crippen LogP contribution in [0.3, 0.4) is 0 Å². The Labute approximate surface area is 151 Å². The molecule has 0 aliphatic carbocycles. The number of carbonyl (C=O) groups is 1. The fourth-order valence-corrected chi connectivity index (χ4v) is 3.09. The highest BCUT2D eigenvalue weighted by molar-refractivity contribution is 7.84. The number of aryl methyl sites for hydroxylation is 2. The van der Waals surface area contributed by atoms with Gasteiger partial charge >= 0.3 is 6.03 Å². The smallest absolute Gasteiger partial charge is 0.322 e. The topological polar surface area (TPSA) is 89.5 Å². The highest BCUT2D eigenvalue weighted by Gasteiger charge is 2.26. The third-order valence-electron chi connectivity index (χ3n) is 4.22. The number of benzene rings is 1. The molecule has 2 amide bonds. The van der Waals surface area contributed by atoms with Crippen molar-refractivity contribution in [3.8, 4) is 0 Å². The Morgan fingerprint density at radius 2 is 1.84 bits per heavy atom. The number of likely N-dealkylation sites (tertiary alicyclic amines) is 1. The monoisotopic (exact) mass is 369 g/mol. The fourth-order valence-electron chi connectivity index (χ4n) is 3.09. The van der Waals surface area contributed by atoms with E-state index in [0.29, 0.717) is 12.3 Å². The SMILES string of the molecule is CCCC1CCCCN1C(=O)Nc1c(C)cccc1C.CS(=O)(=O)[O-]. The van der Waals surface area contributed by atoms with Gasteiger partial charge in [-0.3, -0.25) is 0 Å². The summed E-state index contributed by atoms with van der Waals surface area (Å²) >= 11 is 0. The van der Waals surface area contributed by atoms with Crippen molar-refractivity contribution >= 4 is 21.8 Å². The van der Waals surface area contributed by atoms with Crippen LogP contribution in [-0.4, -0.2) is 42.7 Å². The van der Waals surface area contributed by atoms with Crippen LogP contribution < -0.4 is 5.32 Å². The van der Waals surface area contributed by atoms with E-state index in [2.05, 4.69) is 12.2 Å². The van der Waals surface area contributed by atoms with E-state index in [1.807, 2.05) is 36.9 Å². The van der Waals surface area contributed by atoms with Crippen LogP contribution in [0.4, 0.5) is 10.5 Å². The summed E-state index contributed by atoms with van der Waals surface area (Å²) in [6, 6.07) is 6.60. The number of piperidine rings is 1. The maximum absolute atomic E-state index is 12.6. The van der Waals surface area contributed by atoms with Crippen molar-refractivity contribution in [2.24, 2.45) is 0 Å². The van der Waals surface area contributed by atoms with Gasteiger partial charge in [0.2, 0.25) is 0 Å². The molecule has 7 heteroatoms. The summed E-state index contributed by atoms with van der Waals surface area (Å²) in [6.45, 7) is 7.17. The number of nitrogens with zero attached hydrogens (tertiary/aromatic N) is 1. The van der Waals surface area contributed by atoms with Gasteiger partial charge in [0, 0.05) is 24.5 Å². The van der Waals surface area contributed by atoms with Crippen molar-refractivity contribution < 1.29 is 17.8 Å². The lowest BCUT2D eigenvalue weighted by atomic mass is 9.98. The molecule has 2 rings (SSSR count). The van der Waals surface area contributed by atoms with Gasteiger partial charge in [0.05, 0.1) is 10.1 Å². The van der Waals surface area contributed by atoms with E-state index in [9.17, 15) is 4.79 Å². The van der Waals surface area contributed by atoms with Crippen molar-refractivity contribution in [2.75, 3.05) is 18.1 Å². The van der Waals surface area contributed by atoms with Gasteiger partial charge in [-0.1, -0.05) is 31.5 Å². The predicted octanol–water partition coefficient (Wildman–Crippen LogP) is 3.65. The largest absolute Gasteiger partial charge is 0.748 e. The number of para-hydroxylation sites is 1. The molecule has 6 nitrogen and oxygen atoms in total. The third-order valence-corrected chi connectivity index (χ3v) is 4.22. The van der Waals surface area contributed by atoms with Gasteiger partial charge in [0.25, 0.3) is 0 Å². The highest BCUT2D eigenvalue weighted by atomic mass is 32.2. The van der Waals surface area contributed by atoms with Crippen LogP contribution >= 0.6 is 0 Å². The van der Waals surface area contributed by atoms with E-state index >= 15 is 0 Å². The summed E-state index contributed by atoms with van der Waals surface area (Å²) < 4.78 is 27.2. The van der Waals surface area contributed by atoms with Gasteiger partial charge in [-0.25, -0.2) is 13.2 Å². The predicted molar refractivity (Wildman–Crippen MR) is 99.8 cm³/mol. The van der Waals surface area contributed by atoms with Crippen molar-refractivity contribution in [2.45, 2.75) is 58.9 Å². The number of carbonyl (C=O) groups excluding carboxylic acids is 1. The number of amides is 2. The maximum Gasteiger partial charge on any atom is 0.322 e. The third kappa shape index (κ3) is 7.88. The summed E-state index contributed by atoms with van der Waals surface area (Å²) in [6.07, 6.45) is 6.37. The molecule has 1 fully saturated rings. The molecule has 0 spiro atoms. The van der Waals surface area contributed by atoms with Crippen molar-refractivity contribution in [1.82, 2.24) is 4.90 Å². The number of anilines is 1. The summed E-state index contributed by atoms with van der Waals surface area (Å²) in [5.74, 6) is 0. The van der Waals surface area contributed by atoms with Crippen LogP contribution in [0.5, 0.6) is 0 Å². The molecule has 0 aromatic heterocycles. The number of hydrogen-bond donors (Lipinski definition) is 1. The Balaban J connectivity index is 0.000000550. The second-order valence-electron chi connectivity index (χ2n) is 6.53. The number of nitrogens with one attached hydrogen (secondary N) is 1. The summed E-state index contributed by atoms with van der Waals surface area (Å²) in [5.41, 5.74) is 3.23. The quantitative estimate of drug-likeness (QED) is 0.824. The molecule has 1 saturated heterocycles. The first-order valence-electron chi connectivity index (χ1n) is 8.68. The first-order valence-corrected chi connectivity index (χ1v) is 10.5. The number of hydrogen-bond acceptors (Lipinski definition) is 4.